The molecule has 0 aliphatic carbocycles. The van der Waals surface area contributed by atoms with E-state index in [9.17, 15) is 9.18 Å². The van der Waals surface area contributed by atoms with Gasteiger partial charge in [0.25, 0.3) is 5.56 Å². The van der Waals surface area contributed by atoms with Crippen LogP contribution in [0.1, 0.15) is 0 Å². The number of H-pyrrole nitrogens is 1. The molecule has 2 heterocycles. The van der Waals surface area contributed by atoms with E-state index < -0.39 is 5.95 Å². The average Bonchev–Trinajstić information content (AvgIpc) is 2.35. The van der Waals surface area contributed by atoms with Gasteiger partial charge < -0.3 is 4.98 Å². The standard InChI is InChI=1S/C7H5FN2O/c8-6-2-1-5-7(11)9-3-4-10(5)6/h1-4H,(H,9,11). The molecule has 3 nitrogen and oxygen atoms in total. The molecule has 0 saturated heterocycles. The van der Waals surface area contributed by atoms with Crippen LogP contribution >= 0.6 is 0 Å². The van der Waals surface area contributed by atoms with Crippen molar-refractivity contribution in [2.45, 2.75) is 0 Å². The first-order valence-corrected chi connectivity index (χ1v) is 3.13. The third-order valence-electron chi connectivity index (χ3n) is 1.54. The molecule has 0 fully saturated rings. The van der Waals surface area contributed by atoms with Crippen LogP contribution < -0.4 is 5.56 Å². The van der Waals surface area contributed by atoms with Crippen LogP contribution in [-0.4, -0.2) is 9.38 Å². The maximum Gasteiger partial charge on any atom is 0.272 e. The maximum atomic E-state index is 12.7. The SMILES string of the molecule is O=c1[nH]ccn2c(F)ccc12. The molecule has 0 atom stereocenters. The zero-order valence-electron chi connectivity index (χ0n) is 5.54. The number of nitrogens with zero attached hydrogens (tertiary/aromatic N) is 1. The minimum Gasteiger partial charge on any atom is -0.326 e. The van der Waals surface area contributed by atoms with Crippen molar-refractivity contribution in [1.29, 1.82) is 0 Å². The highest BCUT2D eigenvalue weighted by molar-refractivity contribution is 5.44. The van der Waals surface area contributed by atoms with E-state index in [-0.39, 0.29) is 5.56 Å². The van der Waals surface area contributed by atoms with Gasteiger partial charge in [0.05, 0.1) is 0 Å². The van der Waals surface area contributed by atoms with Gasteiger partial charge in [0.2, 0.25) is 0 Å². The van der Waals surface area contributed by atoms with Crippen molar-refractivity contribution in [3.05, 3.63) is 40.8 Å². The largest absolute Gasteiger partial charge is 0.326 e. The van der Waals surface area contributed by atoms with Gasteiger partial charge in [-0.2, -0.15) is 4.39 Å². The zero-order valence-corrected chi connectivity index (χ0v) is 5.54. The lowest BCUT2D eigenvalue weighted by atomic mass is 10.5. The van der Waals surface area contributed by atoms with Gasteiger partial charge in [-0.05, 0) is 12.1 Å². The van der Waals surface area contributed by atoms with Crippen molar-refractivity contribution in [1.82, 2.24) is 9.38 Å². The lowest BCUT2D eigenvalue weighted by Gasteiger charge is -1.91. The summed E-state index contributed by atoms with van der Waals surface area (Å²) in [5, 5.41) is 0. The molecule has 56 valence electrons. The number of hydrogen-bond acceptors (Lipinski definition) is 1. The molecule has 0 spiro atoms. The van der Waals surface area contributed by atoms with Crippen molar-refractivity contribution < 1.29 is 4.39 Å². The van der Waals surface area contributed by atoms with E-state index in [1.54, 1.807) is 0 Å². The number of rotatable bonds is 0. The van der Waals surface area contributed by atoms with Crippen molar-refractivity contribution >= 4 is 5.52 Å². The molecule has 0 aromatic carbocycles. The van der Waals surface area contributed by atoms with Crippen molar-refractivity contribution in [2.24, 2.45) is 0 Å². The Kier molecular flexibility index (Phi) is 1.09. The quantitative estimate of drug-likeness (QED) is 0.594. The number of aromatic amines is 1. The third-order valence-corrected chi connectivity index (χ3v) is 1.54. The topological polar surface area (TPSA) is 37.3 Å². The predicted molar refractivity (Wildman–Crippen MR) is 38.0 cm³/mol. The molecule has 0 bridgehead atoms. The zero-order chi connectivity index (χ0) is 7.84. The highest BCUT2D eigenvalue weighted by Crippen LogP contribution is 2.01. The Morgan fingerprint density at radius 3 is 3.00 bits per heavy atom. The van der Waals surface area contributed by atoms with E-state index in [1.165, 1.54) is 28.9 Å². The second-order valence-electron chi connectivity index (χ2n) is 2.20. The van der Waals surface area contributed by atoms with E-state index in [2.05, 4.69) is 4.98 Å². The smallest absolute Gasteiger partial charge is 0.272 e. The molecule has 0 unspecified atom stereocenters. The number of nitrogens with one attached hydrogen (secondary N) is 1. The molecule has 1 N–H and O–H groups in total. The van der Waals surface area contributed by atoms with Crippen LogP contribution in [0.15, 0.2) is 29.3 Å². The summed E-state index contributed by atoms with van der Waals surface area (Å²) < 4.78 is 13.9. The van der Waals surface area contributed by atoms with Gasteiger partial charge in [-0.15, -0.1) is 0 Å². The lowest BCUT2D eigenvalue weighted by molar-refractivity contribution is 0.572. The van der Waals surface area contributed by atoms with E-state index in [0.29, 0.717) is 5.52 Å². The summed E-state index contributed by atoms with van der Waals surface area (Å²) in [6.45, 7) is 0. The number of fused-ring (bicyclic) bond motifs is 1. The molecule has 0 radical (unpaired) electrons. The Hall–Kier alpha value is -1.58. The molecule has 2 aromatic rings. The first-order valence-electron chi connectivity index (χ1n) is 3.13. The molecular weight excluding hydrogens is 147 g/mol. The minimum absolute atomic E-state index is 0.281. The summed E-state index contributed by atoms with van der Waals surface area (Å²) in [6, 6.07) is 2.69. The monoisotopic (exact) mass is 152 g/mol. The lowest BCUT2D eigenvalue weighted by Crippen LogP contribution is -2.07. The number of hydrogen-bond donors (Lipinski definition) is 1. The molecule has 11 heavy (non-hydrogen) atoms. The highest BCUT2D eigenvalue weighted by Gasteiger charge is 2.00. The summed E-state index contributed by atoms with van der Waals surface area (Å²) in [5.41, 5.74) is 0.0430. The maximum absolute atomic E-state index is 12.7. The Bertz CT molecular complexity index is 443. The van der Waals surface area contributed by atoms with Crippen LogP contribution in [0.25, 0.3) is 5.52 Å². The van der Waals surface area contributed by atoms with Gasteiger partial charge >= 0.3 is 0 Å². The Morgan fingerprint density at radius 2 is 2.27 bits per heavy atom. The fraction of sp³-hybridized carbons (Fsp3) is 0. The van der Waals surface area contributed by atoms with E-state index in [1.807, 2.05) is 0 Å². The van der Waals surface area contributed by atoms with Crippen molar-refractivity contribution in [3.8, 4) is 0 Å². The fourth-order valence-electron chi connectivity index (χ4n) is 1.02. The van der Waals surface area contributed by atoms with Gasteiger partial charge in [0.15, 0.2) is 5.95 Å². The van der Waals surface area contributed by atoms with E-state index in [0.717, 1.165) is 0 Å². The van der Waals surface area contributed by atoms with Crippen LogP contribution in [0, 0.1) is 5.95 Å². The summed E-state index contributed by atoms with van der Waals surface area (Å²) in [5.74, 6) is -0.425. The normalized spacial score (nSPS) is 10.6. The first kappa shape index (κ1) is 6.15. The van der Waals surface area contributed by atoms with Gasteiger partial charge in [0.1, 0.15) is 5.52 Å². The third kappa shape index (κ3) is 0.756. The van der Waals surface area contributed by atoms with Crippen molar-refractivity contribution in [3.63, 3.8) is 0 Å². The minimum atomic E-state index is -0.425. The summed E-state index contributed by atoms with van der Waals surface area (Å²) in [4.78, 5) is 13.4. The molecular formula is C7H5FN2O. The molecule has 2 aromatic heterocycles. The Labute approximate surface area is 61.1 Å². The summed E-state index contributed by atoms with van der Waals surface area (Å²) in [7, 11) is 0. The van der Waals surface area contributed by atoms with Crippen LogP contribution in [0.2, 0.25) is 0 Å². The van der Waals surface area contributed by atoms with Gasteiger partial charge in [-0.1, -0.05) is 0 Å². The second-order valence-corrected chi connectivity index (χ2v) is 2.20. The van der Waals surface area contributed by atoms with E-state index >= 15 is 0 Å². The van der Waals surface area contributed by atoms with Crippen LogP contribution in [0.3, 0.4) is 0 Å². The van der Waals surface area contributed by atoms with Crippen LogP contribution in [-0.2, 0) is 0 Å². The number of halogens is 1. The Morgan fingerprint density at radius 1 is 1.45 bits per heavy atom. The first-order chi connectivity index (χ1) is 5.29. The highest BCUT2D eigenvalue weighted by atomic mass is 19.1. The Balaban J connectivity index is 3.06. The second kappa shape index (κ2) is 1.95. The molecule has 2 rings (SSSR count). The van der Waals surface area contributed by atoms with Gasteiger partial charge in [-0.25, -0.2) is 0 Å². The van der Waals surface area contributed by atoms with E-state index in [4.69, 9.17) is 0 Å². The molecule has 0 amide bonds. The van der Waals surface area contributed by atoms with Crippen LogP contribution in [0.4, 0.5) is 4.39 Å². The summed E-state index contributed by atoms with van der Waals surface area (Å²) in [6.07, 6.45) is 2.87. The van der Waals surface area contributed by atoms with Gasteiger partial charge in [0, 0.05) is 12.4 Å². The molecule has 0 aliphatic heterocycles. The molecule has 0 aliphatic rings. The fourth-order valence-corrected chi connectivity index (χ4v) is 1.02. The van der Waals surface area contributed by atoms with Crippen molar-refractivity contribution in [2.75, 3.05) is 0 Å². The number of aromatic nitrogens is 2. The molecule has 4 heteroatoms. The van der Waals surface area contributed by atoms with Gasteiger partial charge in [-0.3, -0.25) is 9.20 Å². The average molecular weight is 152 g/mol. The summed E-state index contributed by atoms with van der Waals surface area (Å²) >= 11 is 0. The molecule has 0 saturated carbocycles. The predicted octanol–water partition coefficient (Wildman–Crippen LogP) is 0.767. The van der Waals surface area contributed by atoms with Crippen LogP contribution in [0.5, 0.6) is 0 Å².